The number of nitro groups is 1. The molecule has 0 aliphatic heterocycles. The molecule has 178 valence electrons. The van der Waals surface area contributed by atoms with Crippen molar-refractivity contribution >= 4 is 33.9 Å². The summed E-state index contributed by atoms with van der Waals surface area (Å²) in [6, 6.07) is 7.92. The van der Waals surface area contributed by atoms with E-state index in [1.165, 1.54) is 23.8 Å². The lowest BCUT2D eigenvalue weighted by molar-refractivity contribution is -0.383. The Bertz CT molecular complexity index is 1100. The molecule has 1 aliphatic carbocycles. The highest BCUT2D eigenvalue weighted by Crippen LogP contribution is 2.37. The van der Waals surface area contributed by atoms with Crippen molar-refractivity contribution in [1.82, 2.24) is 10.3 Å². The second-order valence-corrected chi connectivity index (χ2v) is 8.32. The van der Waals surface area contributed by atoms with Crippen molar-refractivity contribution in [3.05, 3.63) is 63.0 Å². The number of ether oxygens (including phenoxy) is 1. The van der Waals surface area contributed by atoms with Gasteiger partial charge in [0.2, 0.25) is 0 Å². The van der Waals surface area contributed by atoms with Crippen LogP contribution < -0.4 is 15.8 Å². The molecule has 1 heterocycles. The highest BCUT2D eigenvalue weighted by atomic mass is 35.5. The van der Waals surface area contributed by atoms with Gasteiger partial charge in [-0.2, -0.15) is 0 Å². The van der Waals surface area contributed by atoms with E-state index in [1.54, 1.807) is 12.1 Å². The number of aromatic amines is 1. The van der Waals surface area contributed by atoms with Crippen LogP contribution in [0.2, 0.25) is 5.02 Å². The fourth-order valence-corrected chi connectivity index (χ4v) is 4.54. The van der Waals surface area contributed by atoms with Gasteiger partial charge in [-0.25, -0.2) is 4.39 Å². The van der Waals surface area contributed by atoms with Gasteiger partial charge in [0.1, 0.15) is 12.4 Å². The third-order valence-corrected chi connectivity index (χ3v) is 6.14. The number of nitrogen functional groups attached to an aromatic ring is 1. The van der Waals surface area contributed by atoms with Crippen molar-refractivity contribution in [1.29, 1.82) is 0 Å². The topological polar surface area (TPSA) is 106 Å². The first kappa shape index (κ1) is 24.8. The lowest BCUT2D eigenvalue weighted by Gasteiger charge is -2.29. The second kappa shape index (κ2) is 11.3. The highest BCUT2D eigenvalue weighted by molar-refractivity contribution is 6.31. The predicted octanol–water partition coefficient (Wildman–Crippen LogP) is 6.17. The quantitative estimate of drug-likeness (QED) is 0.163. The zero-order valence-corrected chi connectivity index (χ0v) is 19.6. The fraction of sp³-hybridized carbons (Fsp3) is 0.417. The summed E-state index contributed by atoms with van der Waals surface area (Å²) in [5, 5.41) is 15.7. The molecule has 1 saturated carbocycles. The maximum atomic E-state index is 13.6. The minimum absolute atomic E-state index is 0.0231. The van der Waals surface area contributed by atoms with Crippen LogP contribution >= 0.6 is 11.6 Å². The monoisotopic (exact) mass is 476 g/mol. The molecule has 4 N–H and O–H groups in total. The third-order valence-electron chi connectivity index (χ3n) is 5.92. The van der Waals surface area contributed by atoms with Gasteiger partial charge in [0.25, 0.3) is 5.69 Å². The summed E-state index contributed by atoms with van der Waals surface area (Å²) in [4.78, 5) is 13.7. The molecule has 1 aromatic heterocycles. The Kier molecular flexibility index (Phi) is 8.52. The minimum atomic E-state index is -0.577. The lowest BCUT2D eigenvalue weighted by atomic mass is 9.81. The average molecular weight is 477 g/mol. The van der Waals surface area contributed by atoms with E-state index >= 15 is 0 Å². The van der Waals surface area contributed by atoms with E-state index in [-0.39, 0.29) is 28.0 Å². The Labute approximate surface area is 197 Å². The van der Waals surface area contributed by atoms with Gasteiger partial charge in [-0.15, -0.1) is 0 Å². The number of halogens is 2. The number of nitrogens with two attached hydrogens (primary N) is 1. The van der Waals surface area contributed by atoms with Crippen LogP contribution in [0, 0.1) is 15.9 Å². The van der Waals surface area contributed by atoms with Gasteiger partial charge in [0.05, 0.1) is 9.95 Å². The summed E-state index contributed by atoms with van der Waals surface area (Å²) in [6.07, 6.45) is 6.07. The van der Waals surface area contributed by atoms with Crippen LogP contribution in [0.15, 0.2) is 36.5 Å². The van der Waals surface area contributed by atoms with Crippen LogP contribution in [0.3, 0.4) is 0 Å². The molecule has 7 nitrogen and oxygen atoms in total. The molecule has 3 aromatic rings. The normalized spacial score (nSPS) is 17.9. The van der Waals surface area contributed by atoms with E-state index in [9.17, 15) is 14.5 Å². The zero-order chi connectivity index (χ0) is 24.0. The molecule has 0 unspecified atom stereocenters. The van der Waals surface area contributed by atoms with Crippen LogP contribution in [0.25, 0.3) is 10.9 Å². The molecular formula is C24H30ClFN4O3. The number of anilines is 1. The maximum Gasteiger partial charge on any atom is 0.297 e. The Balaban J connectivity index is 0.00000149. The molecule has 33 heavy (non-hydrogen) atoms. The third kappa shape index (κ3) is 5.94. The van der Waals surface area contributed by atoms with E-state index in [2.05, 4.69) is 10.3 Å². The Morgan fingerprint density at radius 2 is 1.97 bits per heavy atom. The summed E-state index contributed by atoms with van der Waals surface area (Å²) in [5.74, 6) is 0.419. The highest BCUT2D eigenvalue weighted by Gasteiger charge is 2.24. The van der Waals surface area contributed by atoms with Crippen molar-refractivity contribution in [2.75, 3.05) is 18.9 Å². The van der Waals surface area contributed by atoms with Gasteiger partial charge >= 0.3 is 0 Å². The van der Waals surface area contributed by atoms with E-state index in [0.29, 0.717) is 25.1 Å². The molecule has 1 aliphatic rings. The smallest absolute Gasteiger partial charge is 0.297 e. The number of nitrogens with zero attached hydrogens (tertiary/aromatic N) is 1. The van der Waals surface area contributed by atoms with Crippen LogP contribution in [0.5, 0.6) is 5.75 Å². The van der Waals surface area contributed by atoms with Gasteiger partial charge < -0.3 is 20.8 Å². The second-order valence-electron chi connectivity index (χ2n) is 7.88. The predicted molar refractivity (Wildman–Crippen MR) is 131 cm³/mol. The van der Waals surface area contributed by atoms with Crippen molar-refractivity contribution < 1.29 is 14.1 Å². The number of nitro benzene ring substituents is 1. The number of aromatic nitrogens is 1. The first-order chi connectivity index (χ1) is 15.9. The number of benzene rings is 2. The number of fused-ring (bicyclic) bond motifs is 1. The van der Waals surface area contributed by atoms with Crippen LogP contribution in [-0.2, 0) is 0 Å². The lowest BCUT2D eigenvalue weighted by Crippen LogP contribution is -2.35. The SMILES string of the molecule is CC.Nc1c(OCCNC2CCC(c3c[nH]c4ccc(F)cc34)CC2)cc(Cl)cc1[N+](=O)[O-]. The van der Waals surface area contributed by atoms with Crippen molar-refractivity contribution in [2.45, 2.75) is 51.5 Å². The van der Waals surface area contributed by atoms with Gasteiger partial charge in [-0.05, 0) is 55.4 Å². The van der Waals surface area contributed by atoms with E-state index in [0.717, 1.165) is 36.6 Å². The van der Waals surface area contributed by atoms with Gasteiger partial charge in [-0.1, -0.05) is 25.4 Å². The summed E-state index contributed by atoms with van der Waals surface area (Å²) >= 11 is 5.92. The van der Waals surface area contributed by atoms with Gasteiger partial charge in [-0.3, -0.25) is 10.1 Å². The van der Waals surface area contributed by atoms with E-state index in [1.807, 2.05) is 20.0 Å². The molecule has 0 radical (unpaired) electrons. The van der Waals surface area contributed by atoms with Gasteiger partial charge in [0.15, 0.2) is 11.4 Å². The van der Waals surface area contributed by atoms with Crippen molar-refractivity contribution in [2.24, 2.45) is 0 Å². The summed E-state index contributed by atoms with van der Waals surface area (Å²) in [7, 11) is 0. The Hall–Kier alpha value is -2.84. The molecule has 1 fully saturated rings. The molecule has 0 saturated heterocycles. The minimum Gasteiger partial charge on any atom is -0.490 e. The molecular weight excluding hydrogens is 447 g/mol. The van der Waals surface area contributed by atoms with Crippen LogP contribution in [-0.4, -0.2) is 29.1 Å². The number of hydrogen-bond donors (Lipinski definition) is 3. The molecule has 0 atom stereocenters. The number of rotatable bonds is 7. The number of H-pyrrole nitrogens is 1. The fourth-order valence-electron chi connectivity index (χ4n) is 4.33. The summed E-state index contributed by atoms with van der Waals surface area (Å²) in [6.45, 7) is 4.91. The molecule has 9 heteroatoms. The van der Waals surface area contributed by atoms with Gasteiger partial charge in [0, 0.05) is 41.8 Å². The zero-order valence-electron chi connectivity index (χ0n) is 18.9. The molecule has 0 bridgehead atoms. The molecule has 2 aromatic carbocycles. The van der Waals surface area contributed by atoms with E-state index in [4.69, 9.17) is 22.1 Å². The number of hydrogen-bond acceptors (Lipinski definition) is 5. The first-order valence-electron chi connectivity index (χ1n) is 11.3. The standard InChI is InChI=1S/C22H24ClFN4O3.C2H6/c23-14-9-20(28(29)30)22(25)21(10-14)31-8-7-26-16-4-1-13(2-5-16)18-12-27-19-6-3-15(24)11-17(18)19;1-2/h3,6,9-13,16,26-27H,1-2,4-5,7-8,25H2;1-2H3. The summed E-state index contributed by atoms with van der Waals surface area (Å²) < 4.78 is 19.3. The number of nitrogens with one attached hydrogen (secondary N) is 2. The average Bonchev–Trinajstić information content (AvgIpc) is 3.23. The maximum absolute atomic E-state index is 13.6. The molecule has 4 rings (SSSR count). The Morgan fingerprint density at radius 3 is 2.67 bits per heavy atom. The van der Waals surface area contributed by atoms with Crippen LogP contribution in [0.4, 0.5) is 15.8 Å². The van der Waals surface area contributed by atoms with Crippen molar-refractivity contribution in [3.63, 3.8) is 0 Å². The molecule has 0 amide bonds. The van der Waals surface area contributed by atoms with Crippen molar-refractivity contribution in [3.8, 4) is 5.75 Å². The first-order valence-corrected chi connectivity index (χ1v) is 11.7. The molecule has 0 spiro atoms. The van der Waals surface area contributed by atoms with E-state index < -0.39 is 4.92 Å². The largest absolute Gasteiger partial charge is 0.490 e. The summed E-state index contributed by atoms with van der Waals surface area (Å²) in [5.41, 5.74) is 7.69. The van der Waals surface area contributed by atoms with Crippen LogP contribution in [0.1, 0.15) is 51.0 Å². The Morgan fingerprint density at radius 1 is 1.24 bits per heavy atom.